The normalized spacial score (nSPS) is 22.0. The van der Waals surface area contributed by atoms with E-state index in [0.717, 1.165) is 12.8 Å². The molecule has 7 heteroatoms. The molecule has 1 aromatic rings. The third kappa shape index (κ3) is 5.51. The largest absolute Gasteiger partial charge is 0.493 e. The summed E-state index contributed by atoms with van der Waals surface area (Å²) in [5.41, 5.74) is 0.202. The number of halogens is 1. The lowest BCUT2D eigenvalue weighted by atomic mass is 9.78. The van der Waals surface area contributed by atoms with E-state index in [9.17, 15) is 9.59 Å². The van der Waals surface area contributed by atoms with E-state index in [0.29, 0.717) is 29.9 Å². The van der Waals surface area contributed by atoms with Gasteiger partial charge in [0, 0.05) is 6.04 Å². The maximum Gasteiger partial charge on any atom is 0.338 e. The number of rotatable bonds is 7. The van der Waals surface area contributed by atoms with Crippen LogP contribution in [0.15, 0.2) is 12.1 Å². The highest BCUT2D eigenvalue weighted by Gasteiger charge is 2.28. The molecule has 6 nitrogen and oxygen atoms in total. The van der Waals surface area contributed by atoms with E-state index in [1.807, 2.05) is 6.92 Å². The van der Waals surface area contributed by atoms with Crippen molar-refractivity contribution >= 4 is 23.5 Å². The summed E-state index contributed by atoms with van der Waals surface area (Å²) in [4.78, 5) is 24.5. The first kappa shape index (κ1) is 21.4. The summed E-state index contributed by atoms with van der Waals surface area (Å²) >= 11 is 6.17. The van der Waals surface area contributed by atoms with Crippen LogP contribution in [-0.4, -0.2) is 38.2 Å². The number of carbonyl (C=O) groups is 2. The van der Waals surface area contributed by atoms with Crippen molar-refractivity contribution < 1.29 is 23.8 Å². The van der Waals surface area contributed by atoms with Gasteiger partial charge in [-0.3, -0.25) is 4.79 Å². The zero-order chi connectivity index (χ0) is 20.0. The maximum atomic E-state index is 12.3. The van der Waals surface area contributed by atoms with Gasteiger partial charge in [0.15, 0.2) is 18.1 Å². The number of amides is 1. The Kier molecular flexibility index (Phi) is 7.78. The number of carbonyl (C=O) groups excluding carboxylic acids is 2. The molecule has 1 aromatic carbocycles. The molecular formula is C20H28ClNO5. The van der Waals surface area contributed by atoms with Gasteiger partial charge in [-0.2, -0.15) is 0 Å². The number of benzene rings is 1. The lowest BCUT2D eigenvalue weighted by molar-refractivity contribution is -0.125. The third-order valence-corrected chi connectivity index (χ3v) is 5.42. The van der Waals surface area contributed by atoms with Crippen molar-refractivity contribution in [1.29, 1.82) is 0 Å². The minimum Gasteiger partial charge on any atom is -0.493 e. The van der Waals surface area contributed by atoms with Gasteiger partial charge in [-0.25, -0.2) is 4.79 Å². The van der Waals surface area contributed by atoms with Gasteiger partial charge in [0.25, 0.3) is 5.91 Å². The van der Waals surface area contributed by atoms with Crippen molar-refractivity contribution in [3.63, 3.8) is 0 Å². The fraction of sp³-hybridized carbons (Fsp3) is 0.600. The molecule has 1 N–H and O–H groups in total. The second-order valence-electron chi connectivity index (χ2n) is 6.94. The number of hydrogen-bond donors (Lipinski definition) is 1. The first-order valence-electron chi connectivity index (χ1n) is 9.34. The monoisotopic (exact) mass is 397 g/mol. The Labute approximate surface area is 165 Å². The summed E-state index contributed by atoms with van der Waals surface area (Å²) in [6.45, 7) is 6.26. The lowest BCUT2D eigenvalue weighted by Gasteiger charge is -2.34. The molecular weight excluding hydrogens is 370 g/mol. The number of esters is 1. The minimum atomic E-state index is -0.640. The first-order valence-corrected chi connectivity index (χ1v) is 9.72. The van der Waals surface area contributed by atoms with Crippen molar-refractivity contribution in [1.82, 2.24) is 5.32 Å². The smallest absolute Gasteiger partial charge is 0.338 e. The standard InChI is InChI=1S/C20H28ClNO5/c1-5-26-19-15(21)9-14(10-17(19)25-4)20(24)27-11-18(23)22-16-8-6-7-12(2)13(16)3/h9-10,12-13,16H,5-8,11H2,1-4H3,(H,22,23)/t12-,13-,16-/m0/s1. The summed E-state index contributed by atoms with van der Waals surface area (Å²) in [6, 6.07) is 3.06. The molecule has 0 aliphatic heterocycles. The Morgan fingerprint density at radius 1 is 1.26 bits per heavy atom. The Hall–Kier alpha value is -1.95. The zero-order valence-corrected chi connectivity index (χ0v) is 17.1. The lowest BCUT2D eigenvalue weighted by Crippen LogP contribution is -2.45. The van der Waals surface area contributed by atoms with Crippen LogP contribution in [0, 0.1) is 11.8 Å². The van der Waals surface area contributed by atoms with E-state index < -0.39 is 5.97 Å². The molecule has 1 aliphatic rings. The Balaban J connectivity index is 1.95. The summed E-state index contributed by atoms with van der Waals surface area (Å²) in [6.07, 6.45) is 3.24. The number of methoxy groups -OCH3 is 1. The predicted molar refractivity (Wildman–Crippen MR) is 104 cm³/mol. The van der Waals surface area contributed by atoms with Crippen LogP contribution in [0.4, 0.5) is 0 Å². The van der Waals surface area contributed by atoms with Crippen molar-refractivity contribution in [2.75, 3.05) is 20.3 Å². The van der Waals surface area contributed by atoms with Crippen LogP contribution < -0.4 is 14.8 Å². The van der Waals surface area contributed by atoms with E-state index in [2.05, 4.69) is 19.2 Å². The molecule has 2 rings (SSSR count). The topological polar surface area (TPSA) is 73.9 Å². The molecule has 1 fully saturated rings. The molecule has 27 heavy (non-hydrogen) atoms. The SMILES string of the molecule is CCOc1c(Cl)cc(C(=O)OCC(=O)N[C@H]2CCC[C@H](C)[C@@H]2C)cc1OC. The van der Waals surface area contributed by atoms with Crippen molar-refractivity contribution in [3.05, 3.63) is 22.7 Å². The van der Waals surface area contributed by atoms with Gasteiger partial charge in [0.2, 0.25) is 0 Å². The molecule has 0 saturated heterocycles. The summed E-state index contributed by atoms with van der Waals surface area (Å²) in [5.74, 6) is 0.761. The molecule has 1 saturated carbocycles. The minimum absolute atomic E-state index is 0.125. The second kappa shape index (κ2) is 9.83. The van der Waals surface area contributed by atoms with Gasteiger partial charge >= 0.3 is 5.97 Å². The molecule has 0 aromatic heterocycles. The quantitative estimate of drug-likeness (QED) is 0.707. The van der Waals surface area contributed by atoms with E-state index in [4.69, 9.17) is 25.8 Å². The zero-order valence-electron chi connectivity index (χ0n) is 16.3. The molecule has 150 valence electrons. The van der Waals surface area contributed by atoms with E-state index in [1.165, 1.54) is 25.7 Å². The van der Waals surface area contributed by atoms with Crippen molar-refractivity contribution in [2.24, 2.45) is 11.8 Å². The van der Waals surface area contributed by atoms with Crippen LogP contribution in [0.1, 0.15) is 50.4 Å². The van der Waals surface area contributed by atoms with Crippen LogP contribution >= 0.6 is 11.6 Å². The molecule has 0 unspecified atom stereocenters. The van der Waals surface area contributed by atoms with Crippen LogP contribution in [0.3, 0.4) is 0 Å². The molecule has 1 aliphatic carbocycles. The van der Waals surface area contributed by atoms with Crippen molar-refractivity contribution in [3.8, 4) is 11.5 Å². The van der Waals surface area contributed by atoms with Gasteiger partial charge in [0.1, 0.15) is 0 Å². The van der Waals surface area contributed by atoms with E-state index in [-0.39, 0.29) is 29.1 Å². The second-order valence-corrected chi connectivity index (χ2v) is 7.35. The summed E-state index contributed by atoms with van der Waals surface area (Å²) < 4.78 is 15.8. The molecule has 0 spiro atoms. The fourth-order valence-corrected chi connectivity index (χ4v) is 3.64. The predicted octanol–water partition coefficient (Wildman–Crippen LogP) is 3.85. The number of nitrogens with one attached hydrogen (secondary N) is 1. The van der Waals surface area contributed by atoms with E-state index in [1.54, 1.807) is 0 Å². The Bertz CT molecular complexity index is 679. The molecule has 3 atom stereocenters. The molecule has 0 radical (unpaired) electrons. The van der Waals surface area contributed by atoms with E-state index >= 15 is 0 Å². The van der Waals surface area contributed by atoms with Crippen molar-refractivity contribution in [2.45, 2.75) is 46.1 Å². The van der Waals surface area contributed by atoms with Crippen LogP contribution in [0.25, 0.3) is 0 Å². The van der Waals surface area contributed by atoms with Crippen LogP contribution in [0.5, 0.6) is 11.5 Å². The van der Waals surface area contributed by atoms with Gasteiger partial charge in [-0.05, 0) is 37.3 Å². The highest BCUT2D eigenvalue weighted by molar-refractivity contribution is 6.32. The average molecular weight is 398 g/mol. The third-order valence-electron chi connectivity index (χ3n) is 5.14. The van der Waals surface area contributed by atoms with Crippen LogP contribution in [-0.2, 0) is 9.53 Å². The Morgan fingerprint density at radius 2 is 2.00 bits per heavy atom. The van der Waals surface area contributed by atoms with Crippen LogP contribution in [0.2, 0.25) is 5.02 Å². The highest BCUT2D eigenvalue weighted by atomic mass is 35.5. The van der Waals surface area contributed by atoms with Gasteiger partial charge < -0.3 is 19.5 Å². The number of ether oxygens (including phenoxy) is 3. The number of hydrogen-bond acceptors (Lipinski definition) is 5. The van der Waals surface area contributed by atoms with Gasteiger partial charge in [0.05, 0.1) is 24.3 Å². The molecule has 1 amide bonds. The molecule has 0 heterocycles. The Morgan fingerprint density at radius 3 is 2.67 bits per heavy atom. The average Bonchev–Trinajstić information content (AvgIpc) is 2.65. The summed E-state index contributed by atoms with van der Waals surface area (Å²) in [7, 11) is 1.46. The first-order chi connectivity index (χ1) is 12.9. The van der Waals surface area contributed by atoms with Gasteiger partial charge in [-0.1, -0.05) is 38.3 Å². The summed E-state index contributed by atoms with van der Waals surface area (Å²) in [5, 5.41) is 3.23. The van der Waals surface area contributed by atoms with Gasteiger partial charge in [-0.15, -0.1) is 0 Å². The molecule has 0 bridgehead atoms. The maximum absolute atomic E-state index is 12.3. The fourth-order valence-electron chi connectivity index (χ4n) is 3.37. The highest BCUT2D eigenvalue weighted by Crippen LogP contribution is 2.36.